The zero-order chi connectivity index (χ0) is 11.0. The molecule has 1 aromatic heterocycles. The summed E-state index contributed by atoms with van der Waals surface area (Å²) >= 11 is 3.62. The Labute approximate surface area is 108 Å². The Balaban J connectivity index is 3.68. The minimum atomic E-state index is -0.449. The first-order valence-corrected chi connectivity index (χ1v) is 5.75. The first-order valence-electron chi connectivity index (χ1n) is 3.60. The van der Waals surface area contributed by atoms with Gasteiger partial charge >= 0.3 is 0 Å². The highest BCUT2D eigenvalue weighted by Gasteiger charge is 2.27. The van der Waals surface area contributed by atoms with Gasteiger partial charge in [-0.15, -0.1) is 0 Å². The molecule has 0 aromatic carbocycles. The van der Waals surface area contributed by atoms with Crippen molar-refractivity contribution in [2.75, 3.05) is 0 Å². The van der Waals surface area contributed by atoms with E-state index < -0.39 is 4.92 Å². The Hall–Kier alpha value is -0.190. The van der Waals surface area contributed by atoms with Gasteiger partial charge in [-0.05, 0) is 13.8 Å². The van der Waals surface area contributed by atoms with Gasteiger partial charge in [-0.2, -0.15) is 4.73 Å². The van der Waals surface area contributed by atoms with Crippen LogP contribution in [0.2, 0.25) is 0 Å². The summed E-state index contributed by atoms with van der Waals surface area (Å²) in [6.07, 6.45) is 0. The number of pyridine rings is 1. The van der Waals surface area contributed by atoms with Gasteiger partial charge < -0.3 is 5.21 Å². The monoisotopic (exact) mass is 420 g/mol. The van der Waals surface area contributed by atoms with E-state index in [1.807, 2.05) is 45.2 Å². The lowest BCUT2D eigenvalue weighted by Crippen LogP contribution is -2.37. The van der Waals surface area contributed by atoms with Crippen LogP contribution in [-0.4, -0.2) is 4.92 Å². The average Bonchev–Trinajstić information content (AvgIpc) is 2.11. The summed E-state index contributed by atoms with van der Waals surface area (Å²) in [5, 5.41) is 22.2. The second-order valence-electron chi connectivity index (χ2n) is 2.73. The quantitative estimate of drug-likeness (QED) is 0.175. The number of aromatic nitrogens is 1. The van der Waals surface area contributed by atoms with Gasteiger partial charge in [0.05, 0.1) is 4.92 Å². The van der Waals surface area contributed by atoms with Crippen LogP contribution in [0.5, 0.6) is 0 Å². The van der Waals surface area contributed by atoms with E-state index in [1.54, 1.807) is 13.8 Å². The molecule has 0 saturated carbocycles. The predicted molar refractivity (Wildman–Crippen MR) is 67.0 cm³/mol. The van der Waals surface area contributed by atoms with E-state index in [1.165, 1.54) is 0 Å². The van der Waals surface area contributed by atoms with Crippen molar-refractivity contribution >= 4 is 50.9 Å². The number of hydrogen-bond donors (Lipinski definition) is 0. The SMILES string of the molecule is Cc1c([N+](=O)[O-])c(C)c(I)[n+]([O-])c1I. The zero-order valence-corrected chi connectivity index (χ0v) is 11.7. The van der Waals surface area contributed by atoms with Crippen LogP contribution in [0.15, 0.2) is 0 Å². The normalized spacial score (nSPS) is 10.3. The lowest BCUT2D eigenvalue weighted by atomic mass is 10.2. The second-order valence-corrected chi connectivity index (χ2v) is 4.78. The van der Waals surface area contributed by atoms with Crippen molar-refractivity contribution in [3.8, 4) is 0 Å². The van der Waals surface area contributed by atoms with E-state index in [2.05, 4.69) is 0 Å². The van der Waals surface area contributed by atoms with Gasteiger partial charge in [-0.3, -0.25) is 10.1 Å². The highest BCUT2D eigenvalue weighted by atomic mass is 127. The summed E-state index contributed by atoms with van der Waals surface area (Å²) in [5.74, 6) is 0. The van der Waals surface area contributed by atoms with Crippen LogP contribution in [0.3, 0.4) is 0 Å². The molecule has 1 aromatic rings. The molecule has 1 heterocycles. The number of nitrogens with zero attached hydrogens (tertiary/aromatic N) is 2. The molecule has 1 rings (SSSR count). The number of nitro groups is 1. The van der Waals surface area contributed by atoms with Crippen LogP contribution < -0.4 is 4.73 Å². The van der Waals surface area contributed by atoms with Crippen molar-refractivity contribution < 1.29 is 9.65 Å². The molecule has 0 radical (unpaired) electrons. The van der Waals surface area contributed by atoms with E-state index in [0.29, 0.717) is 23.3 Å². The van der Waals surface area contributed by atoms with Gasteiger partial charge in [0.2, 0.25) is 0 Å². The molecule has 0 aliphatic heterocycles. The Morgan fingerprint density at radius 2 is 1.57 bits per heavy atom. The predicted octanol–water partition coefficient (Wildman–Crippen LogP) is 2.05. The van der Waals surface area contributed by atoms with E-state index in [4.69, 9.17) is 0 Å². The second kappa shape index (κ2) is 4.13. The summed E-state index contributed by atoms with van der Waals surface area (Å²) in [6.45, 7) is 3.16. The molecule has 7 heteroatoms. The third-order valence-electron chi connectivity index (χ3n) is 1.87. The zero-order valence-electron chi connectivity index (χ0n) is 7.38. The third kappa shape index (κ3) is 1.78. The number of rotatable bonds is 1. The van der Waals surface area contributed by atoms with Gasteiger partial charge in [-0.25, -0.2) is 0 Å². The van der Waals surface area contributed by atoms with E-state index in [0.717, 1.165) is 0 Å². The molecule has 0 aliphatic rings. The molecule has 0 N–H and O–H groups in total. The summed E-state index contributed by atoms with van der Waals surface area (Å²) < 4.78 is 1.41. The lowest BCUT2D eigenvalue weighted by Gasteiger charge is -2.07. The Bertz CT molecular complexity index is 391. The van der Waals surface area contributed by atoms with Gasteiger partial charge in [0, 0.05) is 45.2 Å². The smallest absolute Gasteiger partial charge is 0.289 e. The Kier molecular flexibility index (Phi) is 3.50. The van der Waals surface area contributed by atoms with Crippen molar-refractivity contribution in [2.45, 2.75) is 13.8 Å². The summed E-state index contributed by atoms with van der Waals surface area (Å²) in [6, 6.07) is 0. The van der Waals surface area contributed by atoms with Crippen LogP contribution in [0.4, 0.5) is 5.69 Å². The van der Waals surface area contributed by atoms with Crippen LogP contribution in [0, 0.1) is 36.6 Å². The molecule has 5 nitrogen and oxygen atoms in total. The van der Waals surface area contributed by atoms with Gasteiger partial charge in [0.1, 0.15) is 11.1 Å². The molecule has 76 valence electrons. The molecule has 0 aliphatic carbocycles. The maximum Gasteiger partial charge on any atom is 0.289 e. The first-order chi connectivity index (χ1) is 6.37. The molecule has 14 heavy (non-hydrogen) atoms. The van der Waals surface area contributed by atoms with Crippen LogP contribution in [-0.2, 0) is 0 Å². The maximum atomic E-state index is 11.5. The summed E-state index contributed by atoms with van der Waals surface area (Å²) in [4.78, 5) is 10.3. The van der Waals surface area contributed by atoms with Crippen molar-refractivity contribution in [1.82, 2.24) is 0 Å². The Morgan fingerprint density at radius 3 is 1.86 bits per heavy atom. The van der Waals surface area contributed by atoms with Crippen LogP contribution in [0.1, 0.15) is 11.1 Å². The standard InChI is InChI=1S/C7H6I2N2O3/c1-3-5(11(13)14)4(2)7(9)10(12)6(3)8/h1-2H3. The maximum absolute atomic E-state index is 11.5. The molecule has 0 atom stereocenters. The molecule has 0 spiro atoms. The fourth-order valence-electron chi connectivity index (χ4n) is 1.14. The van der Waals surface area contributed by atoms with Crippen molar-refractivity contribution in [3.63, 3.8) is 0 Å². The van der Waals surface area contributed by atoms with Crippen molar-refractivity contribution in [1.29, 1.82) is 0 Å². The fraction of sp³-hybridized carbons (Fsp3) is 0.286. The number of halogens is 2. The molecule has 0 fully saturated rings. The van der Waals surface area contributed by atoms with Gasteiger partial charge in [0.15, 0.2) is 0 Å². The Morgan fingerprint density at radius 1 is 1.21 bits per heavy atom. The molecular weight excluding hydrogens is 414 g/mol. The first kappa shape index (κ1) is 11.9. The van der Waals surface area contributed by atoms with Gasteiger partial charge in [-0.1, -0.05) is 0 Å². The van der Waals surface area contributed by atoms with Gasteiger partial charge in [0.25, 0.3) is 13.1 Å². The van der Waals surface area contributed by atoms with Crippen LogP contribution in [0.25, 0.3) is 0 Å². The topological polar surface area (TPSA) is 70.1 Å². The lowest BCUT2D eigenvalue weighted by molar-refractivity contribution is -0.634. The van der Waals surface area contributed by atoms with Crippen molar-refractivity contribution in [2.24, 2.45) is 0 Å². The van der Waals surface area contributed by atoms with E-state index in [9.17, 15) is 15.3 Å². The molecule has 0 bridgehead atoms. The van der Waals surface area contributed by atoms with Crippen molar-refractivity contribution in [3.05, 3.63) is 33.8 Å². The number of hydrogen-bond acceptors (Lipinski definition) is 3. The van der Waals surface area contributed by atoms with E-state index >= 15 is 0 Å². The molecule has 0 unspecified atom stereocenters. The minimum absolute atomic E-state index is 0.0332. The highest BCUT2D eigenvalue weighted by Crippen LogP contribution is 2.27. The molecule has 0 amide bonds. The minimum Gasteiger partial charge on any atom is -0.617 e. The third-order valence-corrected chi connectivity index (χ3v) is 4.36. The largest absolute Gasteiger partial charge is 0.617 e. The summed E-state index contributed by atoms with van der Waals surface area (Å²) in [5.41, 5.74) is 0.873. The highest BCUT2D eigenvalue weighted by molar-refractivity contribution is 14.1. The fourth-order valence-corrected chi connectivity index (χ4v) is 2.60. The summed E-state index contributed by atoms with van der Waals surface area (Å²) in [7, 11) is 0. The average molecular weight is 420 g/mol. The van der Waals surface area contributed by atoms with Crippen LogP contribution >= 0.6 is 45.2 Å². The van der Waals surface area contributed by atoms with E-state index in [-0.39, 0.29) is 5.69 Å². The molecular formula is C7H6I2N2O3. The molecule has 0 saturated heterocycles.